The van der Waals surface area contributed by atoms with Gasteiger partial charge in [-0.2, -0.15) is 0 Å². The van der Waals surface area contributed by atoms with Crippen molar-refractivity contribution in [1.29, 1.82) is 0 Å². The maximum atomic E-state index is 5.94. The van der Waals surface area contributed by atoms with Gasteiger partial charge in [-0.15, -0.1) is 0 Å². The third kappa shape index (κ3) is 4.65. The minimum atomic E-state index is -0.0369. The quantitative estimate of drug-likeness (QED) is 0.837. The van der Waals surface area contributed by atoms with E-state index in [1.165, 1.54) is 12.8 Å². The molecule has 18 heavy (non-hydrogen) atoms. The highest BCUT2D eigenvalue weighted by Crippen LogP contribution is 2.25. The van der Waals surface area contributed by atoms with Crippen LogP contribution in [0.3, 0.4) is 0 Å². The molecule has 0 heterocycles. The van der Waals surface area contributed by atoms with Crippen molar-refractivity contribution in [3.8, 4) is 5.75 Å². The molecule has 100 valence electrons. The maximum Gasteiger partial charge on any atom is 0.134 e. The molecule has 1 atom stereocenters. The number of hydrogen-bond donors (Lipinski definition) is 1. The van der Waals surface area contributed by atoms with Crippen LogP contribution in [0.4, 0.5) is 0 Å². The van der Waals surface area contributed by atoms with Crippen LogP contribution in [0.5, 0.6) is 5.75 Å². The zero-order chi connectivity index (χ0) is 13.0. The second-order valence-corrected chi connectivity index (χ2v) is 5.36. The fourth-order valence-corrected chi connectivity index (χ4v) is 2.20. The van der Waals surface area contributed by atoms with Gasteiger partial charge in [0.05, 0.1) is 6.61 Å². The summed E-state index contributed by atoms with van der Waals surface area (Å²) >= 11 is 11.9. The summed E-state index contributed by atoms with van der Waals surface area (Å²) in [5.74, 6) is 0.673. The maximum absolute atomic E-state index is 5.94. The Morgan fingerprint density at radius 1 is 1.28 bits per heavy atom. The van der Waals surface area contributed by atoms with Crippen molar-refractivity contribution in [1.82, 2.24) is 5.32 Å². The first-order valence-electron chi connectivity index (χ1n) is 6.02. The average molecular weight is 290 g/mol. The third-order valence-corrected chi connectivity index (χ3v) is 3.14. The molecule has 5 heteroatoms. The Morgan fingerprint density at radius 3 is 2.50 bits per heavy atom. The van der Waals surface area contributed by atoms with Crippen molar-refractivity contribution in [2.75, 3.05) is 20.3 Å². The van der Waals surface area contributed by atoms with E-state index in [1.54, 1.807) is 25.3 Å². The second kappa shape index (κ2) is 6.62. The van der Waals surface area contributed by atoms with Crippen LogP contribution < -0.4 is 10.1 Å². The Bertz CT molecular complexity index is 376. The summed E-state index contributed by atoms with van der Waals surface area (Å²) in [5, 5.41) is 4.57. The molecule has 1 aliphatic rings. The van der Waals surface area contributed by atoms with E-state index >= 15 is 0 Å². The summed E-state index contributed by atoms with van der Waals surface area (Å²) in [6, 6.07) is 5.85. The topological polar surface area (TPSA) is 30.5 Å². The Labute approximate surface area is 117 Å². The molecule has 0 spiro atoms. The number of benzene rings is 1. The number of ether oxygens (including phenoxy) is 2. The van der Waals surface area contributed by atoms with Crippen molar-refractivity contribution >= 4 is 23.2 Å². The minimum absolute atomic E-state index is 0.0369. The van der Waals surface area contributed by atoms with Crippen LogP contribution in [0.15, 0.2) is 18.2 Å². The second-order valence-electron chi connectivity index (χ2n) is 4.48. The first-order chi connectivity index (χ1) is 8.67. The molecule has 1 aliphatic carbocycles. The Hall–Kier alpha value is -0.480. The van der Waals surface area contributed by atoms with Crippen LogP contribution in [0.25, 0.3) is 0 Å². The van der Waals surface area contributed by atoms with E-state index < -0.39 is 0 Å². The predicted molar refractivity (Wildman–Crippen MR) is 73.8 cm³/mol. The van der Waals surface area contributed by atoms with Gasteiger partial charge in [-0.25, -0.2) is 0 Å². The van der Waals surface area contributed by atoms with E-state index in [4.69, 9.17) is 32.7 Å². The number of halogens is 2. The van der Waals surface area contributed by atoms with Crippen LogP contribution in [0.2, 0.25) is 10.0 Å². The lowest BCUT2D eigenvalue weighted by Crippen LogP contribution is -2.35. The van der Waals surface area contributed by atoms with Crippen molar-refractivity contribution in [2.24, 2.45) is 0 Å². The molecule has 1 aromatic carbocycles. The summed E-state index contributed by atoms with van der Waals surface area (Å²) in [5.41, 5.74) is 0. The third-order valence-electron chi connectivity index (χ3n) is 2.70. The van der Waals surface area contributed by atoms with Crippen LogP contribution in [-0.4, -0.2) is 32.4 Å². The van der Waals surface area contributed by atoms with Gasteiger partial charge in [-0.1, -0.05) is 23.2 Å². The molecule has 1 aromatic rings. The number of hydrogen-bond acceptors (Lipinski definition) is 3. The molecule has 1 saturated carbocycles. The average Bonchev–Trinajstić information content (AvgIpc) is 3.08. The van der Waals surface area contributed by atoms with E-state index in [0.717, 1.165) is 6.54 Å². The number of methoxy groups -OCH3 is 1. The first-order valence-corrected chi connectivity index (χ1v) is 6.78. The fraction of sp³-hybridized carbons (Fsp3) is 0.538. The monoisotopic (exact) mass is 289 g/mol. The lowest BCUT2D eigenvalue weighted by Gasteiger charge is -2.19. The predicted octanol–water partition coefficient (Wildman–Crippen LogP) is 3.14. The van der Waals surface area contributed by atoms with Gasteiger partial charge in [0.25, 0.3) is 0 Å². The molecule has 3 nitrogen and oxygen atoms in total. The summed E-state index contributed by atoms with van der Waals surface area (Å²) in [6.07, 6.45) is 2.47. The van der Waals surface area contributed by atoms with E-state index in [1.807, 2.05) is 0 Å². The van der Waals surface area contributed by atoms with E-state index in [9.17, 15) is 0 Å². The molecular formula is C13H17Cl2NO2. The molecule has 1 unspecified atom stereocenters. The summed E-state index contributed by atoms with van der Waals surface area (Å²) in [4.78, 5) is 0. The van der Waals surface area contributed by atoms with Crippen molar-refractivity contribution in [3.05, 3.63) is 28.2 Å². The smallest absolute Gasteiger partial charge is 0.134 e. The molecule has 1 fully saturated rings. The first kappa shape index (κ1) is 13.9. The fourth-order valence-electron chi connectivity index (χ4n) is 1.70. The Morgan fingerprint density at radius 2 is 1.94 bits per heavy atom. The van der Waals surface area contributed by atoms with Gasteiger partial charge in [-0.3, -0.25) is 0 Å². The summed E-state index contributed by atoms with van der Waals surface area (Å²) < 4.78 is 11.0. The van der Waals surface area contributed by atoms with Crippen molar-refractivity contribution in [2.45, 2.75) is 25.0 Å². The van der Waals surface area contributed by atoms with Gasteiger partial charge in [0.2, 0.25) is 0 Å². The van der Waals surface area contributed by atoms with E-state index in [2.05, 4.69) is 5.32 Å². The summed E-state index contributed by atoms with van der Waals surface area (Å²) in [7, 11) is 1.67. The molecule has 0 bridgehead atoms. The van der Waals surface area contributed by atoms with Gasteiger partial charge < -0.3 is 14.8 Å². The Balaban J connectivity index is 1.92. The SMILES string of the molecule is COCC(CNC1CC1)Oc1cc(Cl)cc(Cl)c1. The van der Waals surface area contributed by atoms with Crippen LogP contribution in [0.1, 0.15) is 12.8 Å². The highest BCUT2D eigenvalue weighted by molar-refractivity contribution is 6.34. The molecule has 0 amide bonds. The van der Waals surface area contributed by atoms with Crippen molar-refractivity contribution in [3.63, 3.8) is 0 Å². The molecule has 0 aliphatic heterocycles. The normalized spacial score (nSPS) is 16.6. The molecular weight excluding hydrogens is 273 g/mol. The highest BCUT2D eigenvalue weighted by Gasteiger charge is 2.22. The van der Waals surface area contributed by atoms with E-state index in [-0.39, 0.29) is 6.10 Å². The lowest BCUT2D eigenvalue weighted by molar-refractivity contribution is 0.0804. The standard InChI is InChI=1S/C13H17Cl2NO2/c1-17-8-13(7-16-11-2-3-11)18-12-5-9(14)4-10(15)6-12/h4-6,11,13,16H,2-3,7-8H2,1H3. The molecule has 1 N–H and O–H groups in total. The van der Waals surface area contributed by atoms with Crippen molar-refractivity contribution < 1.29 is 9.47 Å². The molecule has 0 radical (unpaired) electrons. The van der Waals surface area contributed by atoms with Gasteiger partial charge in [0, 0.05) is 29.7 Å². The van der Waals surface area contributed by atoms with E-state index in [0.29, 0.717) is 28.4 Å². The zero-order valence-electron chi connectivity index (χ0n) is 10.3. The van der Waals surface area contributed by atoms with Gasteiger partial charge in [0.1, 0.15) is 11.9 Å². The lowest BCUT2D eigenvalue weighted by atomic mass is 10.3. The number of rotatable bonds is 7. The molecule has 2 rings (SSSR count). The highest BCUT2D eigenvalue weighted by atomic mass is 35.5. The largest absolute Gasteiger partial charge is 0.487 e. The molecule has 0 saturated heterocycles. The van der Waals surface area contributed by atoms with Gasteiger partial charge >= 0.3 is 0 Å². The van der Waals surface area contributed by atoms with Crippen LogP contribution in [-0.2, 0) is 4.74 Å². The van der Waals surface area contributed by atoms with Gasteiger partial charge in [-0.05, 0) is 31.0 Å². The van der Waals surface area contributed by atoms with Crippen LogP contribution in [0, 0.1) is 0 Å². The number of nitrogens with one attached hydrogen (secondary N) is 1. The van der Waals surface area contributed by atoms with Gasteiger partial charge in [0.15, 0.2) is 0 Å². The Kier molecular flexibility index (Phi) is 5.13. The summed E-state index contributed by atoms with van der Waals surface area (Å²) in [6.45, 7) is 1.30. The zero-order valence-corrected chi connectivity index (χ0v) is 11.8. The minimum Gasteiger partial charge on any atom is -0.487 e. The molecule has 0 aromatic heterocycles. The van der Waals surface area contributed by atoms with Crippen LogP contribution >= 0.6 is 23.2 Å².